The van der Waals surface area contributed by atoms with Crippen LogP contribution in [-0.2, 0) is 21.4 Å². The minimum atomic E-state index is -3.63. The van der Waals surface area contributed by atoms with E-state index in [1.54, 1.807) is 22.4 Å². The zero-order chi connectivity index (χ0) is 26.3. The van der Waals surface area contributed by atoms with Gasteiger partial charge < -0.3 is 0 Å². The first-order valence-electron chi connectivity index (χ1n) is 12.1. The number of rotatable bonds is 7. The van der Waals surface area contributed by atoms with E-state index < -0.39 is 15.9 Å². The maximum Gasteiger partial charge on any atom is 0.252 e. The second kappa shape index (κ2) is 10.5. The fraction of sp³-hybridized carbons (Fsp3) is 0.400. The van der Waals surface area contributed by atoms with Gasteiger partial charge in [0, 0.05) is 30.4 Å². The summed E-state index contributed by atoms with van der Waals surface area (Å²) in [6.45, 7) is 7.33. The van der Waals surface area contributed by atoms with Crippen molar-refractivity contribution < 1.29 is 13.2 Å². The van der Waals surface area contributed by atoms with Gasteiger partial charge in [0.2, 0.25) is 5.91 Å². The van der Waals surface area contributed by atoms with E-state index in [-0.39, 0.29) is 12.5 Å². The molecule has 37 heavy (non-hydrogen) atoms. The molecule has 0 bridgehead atoms. The molecule has 5 rings (SSSR count). The van der Waals surface area contributed by atoms with Gasteiger partial charge in [-0.1, -0.05) is 29.0 Å². The second-order valence-electron chi connectivity index (χ2n) is 9.34. The molecular weight excluding hydrogens is 550 g/mol. The highest BCUT2D eigenvalue weighted by Gasteiger charge is 2.36. The third-order valence-electron chi connectivity index (χ3n) is 6.60. The van der Waals surface area contributed by atoms with Crippen LogP contribution in [0.3, 0.4) is 0 Å². The SMILES string of the molecule is Cc1cc(C)n(CCN(C(=O)C2CCCN(S(=O)(=O)c3cccs3)C2)c2nc3c(C)cc(Cl)cc3s2)n1. The summed E-state index contributed by atoms with van der Waals surface area (Å²) >= 11 is 8.91. The number of hydrogen-bond acceptors (Lipinski definition) is 7. The first kappa shape index (κ1) is 26.3. The lowest BCUT2D eigenvalue weighted by Crippen LogP contribution is -2.47. The van der Waals surface area contributed by atoms with Gasteiger partial charge in [0.25, 0.3) is 10.0 Å². The Kier molecular flexibility index (Phi) is 7.43. The van der Waals surface area contributed by atoms with E-state index in [9.17, 15) is 13.2 Å². The molecule has 1 saturated heterocycles. The molecule has 0 spiro atoms. The summed E-state index contributed by atoms with van der Waals surface area (Å²) in [4.78, 5) is 20.5. The zero-order valence-electron chi connectivity index (χ0n) is 20.8. The van der Waals surface area contributed by atoms with Gasteiger partial charge in [0.15, 0.2) is 5.13 Å². The summed E-state index contributed by atoms with van der Waals surface area (Å²) in [5.41, 5.74) is 3.70. The molecule has 0 aliphatic carbocycles. The molecule has 1 aliphatic rings. The number of thiazole rings is 1. The van der Waals surface area contributed by atoms with Gasteiger partial charge in [-0.15, -0.1) is 11.3 Å². The Balaban J connectivity index is 1.45. The molecule has 1 fully saturated rings. The average molecular weight is 578 g/mol. The quantitative estimate of drug-likeness (QED) is 0.299. The molecule has 0 saturated carbocycles. The predicted octanol–water partition coefficient (Wildman–Crippen LogP) is 5.27. The zero-order valence-corrected chi connectivity index (χ0v) is 24.1. The van der Waals surface area contributed by atoms with Crippen molar-refractivity contribution >= 4 is 65.6 Å². The van der Waals surface area contributed by atoms with Gasteiger partial charge >= 0.3 is 0 Å². The number of aromatic nitrogens is 3. The van der Waals surface area contributed by atoms with E-state index in [2.05, 4.69) is 5.10 Å². The van der Waals surface area contributed by atoms with Crippen LogP contribution in [0.1, 0.15) is 29.8 Å². The number of thiophene rings is 1. The summed E-state index contributed by atoms with van der Waals surface area (Å²) < 4.78 is 30.9. The number of nitrogens with zero attached hydrogens (tertiary/aromatic N) is 5. The van der Waals surface area contributed by atoms with Crippen molar-refractivity contribution in [2.75, 3.05) is 24.5 Å². The Morgan fingerprint density at radius 3 is 2.76 bits per heavy atom. The monoisotopic (exact) mass is 577 g/mol. The van der Waals surface area contributed by atoms with Crippen molar-refractivity contribution in [2.45, 2.75) is 44.4 Å². The fourth-order valence-corrected chi connectivity index (χ4v) is 8.89. The topological polar surface area (TPSA) is 88.4 Å². The fourth-order valence-electron chi connectivity index (χ4n) is 4.77. The number of carbonyl (C=O) groups excluding carboxylic acids is 1. The lowest BCUT2D eigenvalue weighted by molar-refractivity contribution is -0.123. The number of halogens is 1. The molecule has 8 nitrogen and oxygen atoms in total. The van der Waals surface area contributed by atoms with Crippen LogP contribution in [-0.4, -0.2) is 53.0 Å². The Hall–Kier alpha value is -2.31. The van der Waals surface area contributed by atoms with Crippen molar-refractivity contribution in [3.05, 3.63) is 57.7 Å². The van der Waals surface area contributed by atoms with Crippen LogP contribution in [0.2, 0.25) is 5.02 Å². The van der Waals surface area contributed by atoms with Gasteiger partial charge in [-0.25, -0.2) is 13.4 Å². The van der Waals surface area contributed by atoms with Crippen molar-refractivity contribution in [1.29, 1.82) is 0 Å². The van der Waals surface area contributed by atoms with Crippen LogP contribution in [0, 0.1) is 26.7 Å². The maximum atomic E-state index is 14.0. The third kappa shape index (κ3) is 5.33. The summed E-state index contributed by atoms with van der Waals surface area (Å²) in [5, 5.41) is 7.51. The number of aryl methyl sites for hydroxylation is 3. The van der Waals surface area contributed by atoms with Gasteiger partial charge in [-0.2, -0.15) is 9.40 Å². The van der Waals surface area contributed by atoms with Gasteiger partial charge in [0.05, 0.1) is 28.4 Å². The minimum Gasteiger partial charge on any atom is -0.286 e. The molecule has 3 aromatic heterocycles. The van der Waals surface area contributed by atoms with E-state index in [1.165, 1.54) is 27.0 Å². The highest BCUT2D eigenvalue weighted by Crippen LogP contribution is 2.35. The number of fused-ring (bicyclic) bond motifs is 1. The average Bonchev–Trinajstić information content (AvgIpc) is 3.60. The molecule has 1 aliphatic heterocycles. The largest absolute Gasteiger partial charge is 0.286 e. The minimum absolute atomic E-state index is 0.115. The van der Waals surface area contributed by atoms with Crippen molar-refractivity contribution in [1.82, 2.24) is 19.1 Å². The van der Waals surface area contributed by atoms with Crippen LogP contribution >= 0.6 is 34.3 Å². The Labute approximate surface area is 229 Å². The molecule has 0 radical (unpaired) electrons. The molecule has 0 N–H and O–H groups in total. The van der Waals surface area contributed by atoms with Crippen molar-refractivity contribution in [3.63, 3.8) is 0 Å². The number of piperidine rings is 1. The first-order chi connectivity index (χ1) is 17.6. The standard InChI is InChI=1S/C25H28ClN5O3S3/c1-16-12-20(26)14-21-23(16)27-25(36-21)30(9-10-31-18(3)13-17(2)28-31)24(32)19-6-4-8-29(15-19)37(33,34)22-7-5-11-35-22/h5,7,11-14,19H,4,6,8-10,15H2,1-3H3. The summed E-state index contributed by atoms with van der Waals surface area (Å²) in [5.74, 6) is -0.573. The number of carbonyl (C=O) groups is 1. The highest BCUT2D eigenvalue weighted by atomic mass is 35.5. The molecule has 196 valence electrons. The molecule has 1 unspecified atom stereocenters. The number of amides is 1. The van der Waals surface area contributed by atoms with Crippen LogP contribution < -0.4 is 4.90 Å². The molecule has 4 aromatic rings. The molecule has 12 heteroatoms. The first-order valence-corrected chi connectivity index (χ1v) is 15.6. The van der Waals surface area contributed by atoms with Gasteiger partial charge in [0.1, 0.15) is 4.21 Å². The number of benzene rings is 1. The summed E-state index contributed by atoms with van der Waals surface area (Å²) in [6.07, 6.45) is 1.25. The van der Waals surface area contributed by atoms with Crippen LogP contribution in [0.15, 0.2) is 39.9 Å². The van der Waals surface area contributed by atoms with Gasteiger partial charge in [-0.05, 0) is 68.8 Å². The summed E-state index contributed by atoms with van der Waals surface area (Å²) in [6, 6.07) is 9.07. The van der Waals surface area contributed by atoms with Gasteiger partial charge in [-0.3, -0.25) is 14.4 Å². The molecule has 1 aromatic carbocycles. The van der Waals surface area contributed by atoms with E-state index in [1.807, 2.05) is 43.7 Å². The maximum absolute atomic E-state index is 14.0. The number of sulfonamides is 1. The van der Waals surface area contributed by atoms with Crippen molar-refractivity contribution in [2.24, 2.45) is 5.92 Å². The van der Waals surface area contributed by atoms with Crippen LogP contribution in [0.5, 0.6) is 0 Å². The molecule has 1 atom stereocenters. The lowest BCUT2D eigenvalue weighted by atomic mass is 9.98. The number of hydrogen-bond donors (Lipinski definition) is 0. The predicted molar refractivity (Wildman–Crippen MR) is 149 cm³/mol. The smallest absolute Gasteiger partial charge is 0.252 e. The highest BCUT2D eigenvalue weighted by molar-refractivity contribution is 7.91. The van der Waals surface area contributed by atoms with E-state index in [0.29, 0.717) is 46.8 Å². The Morgan fingerprint density at radius 1 is 1.24 bits per heavy atom. The van der Waals surface area contributed by atoms with Crippen molar-refractivity contribution in [3.8, 4) is 0 Å². The normalized spacial score (nSPS) is 16.9. The summed E-state index contributed by atoms with van der Waals surface area (Å²) in [7, 11) is -3.63. The molecule has 4 heterocycles. The second-order valence-corrected chi connectivity index (χ2v) is 13.9. The Bertz CT molecular complexity index is 1550. The third-order valence-corrected chi connectivity index (χ3v) is 11.1. The molecule has 1 amide bonds. The van der Waals surface area contributed by atoms with Crippen LogP contribution in [0.25, 0.3) is 10.2 Å². The Morgan fingerprint density at radius 2 is 2.05 bits per heavy atom. The van der Waals surface area contributed by atoms with Crippen LogP contribution in [0.4, 0.5) is 5.13 Å². The van der Waals surface area contributed by atoms with E-state index >= 15 is 0 Å². The van der Waals surface area contributed by atoms with E-state index in [0.717, 1.165) is 27.2 Å². The number of anilines is 1. The molecular formula is C25H28ClN5O3S3. The van der Waals surface area contributed by atoms with E-state index in [4.69, 9.17) is 16.6 Å². The lowest BCUT2D eigenvalue weighted by Gasteiger charge is -2.33.